The average molecular weight is 441 g/mol. The van der Waals surface area contributed by atoms with E-state index in [4.69, 9.17) is 9.57 Å². The van der Waals surface area contributed by atoms with Crippen LogP contribution in [0.2, 0.25) is 0 Å². The van der Waals surface area contributed by atoms with Crippen molar-refractivity contribution < 1.29 is 24.3 Å². The van der Waals surface area contributed by atoms with E-state index in [0.29, 0.717) is 12.1 Å². The minimum Gasteiger partial charge on any atom is -0.425 e. The van der Waals surface area contributed by atoms with Crippen LogP contribution in [0.5, 0.6) is 0 Å². The maximum atomic E-state index is 12.6. The average Bonchev–Trinajstić information content (AvgIpc) is 3.45. The number of ether oxygens (including phenoxy) is 1. The Balaban J connectivity index is 1.82. The second-order valence-corrected chi connectivity index (χ2v) is 8.43. The quantitative estimate of drug-likeness (QED) is 0.211. The molecular formula is C23H24N2O5S. The molecule has 0 spiro atoms. The zero-order valence-electron chi connectivity index (χ0n) is 17.4. The monoisotopic (exact) mass is 440 g/mol. The van der Waals surface area contributed by atoms with Gasteiger partial charge in [-0.25, -0.2) is 10.3 Å². The maximum Gasteiger partial charge on any atom is 0.347 e. The van der Waals surface area contributed by atoms with Crippen molar-refractivity contribution in [2.45, 2.75) is 38.4 Å². The molecule has 0 radical (unpaired) electrons. The van der Waals surface area contributed by atoms with Crippen molar-refractivity contribution in [2.24, 2.45) is 0 Å². The topological polar surface area (TPSA) is 101 Å². The van der Waals surface area contributed by atoms with E-state index < -0.39 is 17.7 Å². The number of aromatic nitrogens is 1. The van der Waals surface area contributed by atoms with Crippen LogP contribution in [0, 0.1) is 0 Å². The summed E-state index contributed by atoms with van der Waals surface area (Å²) in [6.07, 6.45) is 2.65. The third kappa shape index (κ3) is 4.01. The summed E-state index contributed by atoms with van der Waals surface area (Å²) < 4.78 is 5.33. The third-order valence-corrected chi connectivity index (χ3v) is 6.26. The predicted octanol–water partition coefficient (Wildman–Crippen LogP) is 4.15. The smallest absolute Gasteiger partial charge is 0.347 e. The van der Waals surface area contributed by atoms with Gasteiger partial charge in [-0.2, -0.15) is 0 Å². The number of aliphatic hydroxyl groups is 1. The number of unbranched alkanes of at least 4 members (excludes halogenated alkanes) is 2. The first-order chi connectivity index (χ1) is 15.0. The van der Waals surface area contributed by atoms with E-state index in [-0.39, 0.29) is 17.6 Å². The van der Waals surface area contributed by atoms with E-state index in [2.05, 4.69) is 10.5 Å². The zero-order chi connectivity index (χ0) is 22.0. The third-order valence-electron chi connectivity index (χ3n) is 5.34. The summed E-state index contributed by atoms with van der Waals surface area (Å²) in [4.78, 5) is 34.2. The first-order valence-electron chi connectivity index (χ1n) is 10.2. The van der Waals surface area contributed by atoms with Crippen LogP contribution in [-0.2, 0) is 19.2 Å². The second-order valence-electron chi connectivity index (χ2n) is 7.48. The maximum absolute atomic E-state index is 12.6. The van der Waals surface area contributed by atoms with Gasteiger partial charge in [-0.15, -0.1) is 11.3 Å². The molecule has 3 N–H and O–H groups in total. The molecule has 4 rings (SSSR count). The molecule has 3 aromatic rings. The van der Waals surface area contributed by atoms with Crippen LogP contribution in [-0.4, -0.2) is 34.9 Å². The molecule has 0 aliphatic carbocycles. The van der Waals surface area contributed by atoms with Crippen molar-refractivity contribution in [2.75, 3.05) is 7.11 Å². The SMILES string of the molecule is CCCCCC1(O)OC(=O)C(C(=O)NOC)=C1c1cc2cc(-c3cccs3)ccc2[nH]1. The van der Waals surface area contributed by atoms with Gasteiger partial charge in [-0.05, 0) is 41.6 Å². The van der Waals surface area contributed by atoms with Gasteiger partial charge in [-0.3, -0.25) is 9.63 Å². The Kier molecular flexibility index (Phi) is 5.95. The fourth-order valence-electron chi connectivity index (χ4n) is 3.90. The van der Waals surface area contributed by atoms with Crippen molar-refractivity contribution in [1.29, 1.82) is 0 Å². The number of esters is 1. The molecule has 0 saturated heterocycles. The molecule has 1 amide bonds. The van der Waals surface area contributed by atoms with E-state index in [1.807, 2.05) is 48.7 Å². The number of hydrogen-bond acceptors (Lipinski definition) is 6. The molecule has 1 aromatic carbocycles. The number of nitrogens with one attached hydrogen (secondary N) is 2. The zero-order valence-corrected chi connectivity index (χ0v) is 18.2. The van der Waals surface area contributed by atoms with Crippen LogP contribution in [0.15, 0.2) is 47.4 Å². The van der Waals surface area contributed by atoms with Crippen molar-refractivity contribution in [1.82, 2.24) is 10.5 Å². The summed E-state index contributed by atoms with van der Waals surface area (Å²) in [6, 6.07) is 11.8. The van der Waals surface area contributed by atoms with Crippen molar-refractivity contribution in [3.63, 3.8) is 0 Å². The Morgan fingerprint density at radius 2 is 2.13 bits per heavy atom. The summed E-state index contributed by atoms with van der Waals surface area (Å²) >= 11 is 1.65. The number of thiophene rings is 1. The number of hydrogen-bond donors (Lipinski definition) is 3. The number of amides is 1. The lowest BCUT2D eigenvalue weighted by molar-refractivity contribution is -0.178. The highest BCUT2D eigenvalue weighted by Gasteiger charge is 2.49. The van der Waals surface area contributed by atoms with Crippen molar-refractivity contribution >= 4 is 39.7 Å². The molecule has 31 heavy (non-hydrogen) atoms. The van der Waals surface area contributed by atoms with Gasteiger partial charge in [0, 0.05) is 22.2 Å². The standard InChI is InChI=1S/C23H24N2O5S/c1-3-4-5-10-23(28)20(19(22(27)30-23)21(26)25-29-2)17-13-15-12-14(8-9-16(15)24-17)18-7-6-11-31-18/h6-9,11-13,24,28H,3-5,10H2,1-2H3,(H,25,26). The van der Waals surface area contributed by atoms with E-state index >= 15 is 0 Å². The lowest BCUT2D eigenvalue weighted by atomic mass is 9.94. The van der Waals surface area contributed by atoms with Gasteiger partial charge in [0.2, 0.25) is 5.79 Å². The second kappa shape index (κ2) is 8.66. The van der Waals surface area contributed by atoms with Crippen LogP contribution in [0.25, 0.3) is 26.9 Å². The highest BCUT2D eigenvalue weighted by molar-refractivity contribution is 7.13. The van der Waals surface area contributed by atoms with Crippen LogP contribution >= 0.6 is 11.3 Å². The molecule has 0 fully saturated rings. The number of hydroxylamine groups is 1. The van der Waals surface area contributed by atoms with Crippen molar-refractivity contribution in [3.8, 4) is 10.4 Å². The highest BCUT2D eigenvalue weighted by atomic mass is 32.1. The van der Waals surface area contributed by atoms with Crippen LogP contribution in [0.4, 0.5) is 0 Å². The largest absolute Gasteiger partial charge is 0.425 e. The number of aromatic amines is 1. The van der Waals surface area contributed by atoms with E-state index in [0.717, 1.165) is 34.2 Å². The molecule has 1 unspecified atom stereocenters. The Morgan fingerprint density at radius 1 is 1.29 bits per heavy atom. The lowest BCUT2D eigenvalue weighted by Crippen LogP contribution is -2.31. The Labute approximate surface area is 183 Å². The van der Waals surface area contributed by atoms with Gasteiger partial charge in [0.25, 0.3) is 5.91 Å². The molecule has 162 valence electrons. The molecule has 2 aromatic heterocycles. The van der Waals surface area contributed by atoms with Gasteiger partial charge in [-0.1, -0.05) is 31.9 Å². The molecule has 1 aliphatic rings. The number of fused-ring (bicyclic) bond motifs is 1. The summed E-state index contributed by atoms with van der Waals surface area (Å²) in [5, 5.41) is 14.2. The molecule has 0 saturated carbocycles. The van der Waals surface area contributed by atoms with Crippen molar-refractivity contribution in [3.05, 3.63) is 53.0 Å². The van der Waals surface area contributed by atoms with Gasteiger partial charge >= 0.3 is 5.97 Å². The van der Waals surface area contributed by atoms with Gasteiger partial charge in [0.1, 0.15) is 5.57 Å². The first-order valence-corrected chi connectivity index (χ1v) is 11.1. The Bertz CT molecular complexity index is 1150. The number of cyclic esters (lactones) is 1. The minimum atomic E-state index is -1.88. The minimum absolute atomic E-state index is 0.136. The van der Waals surface area contributed by atoms with Crippen LogP contribution < -0.4 is 5.48 Å². The fraction of sp³-hybridized carbons (Fsp3) is 0.304. The van der Waals surface area contributed by atoms with Gasteiger partial charge < -0.3 is 14.8 Å². The van der Waals surface area contributed by atoms with Crippen LogP contribution in [0.1, 0.15) is 38.3 Å². The summed E-state index contributed by atoms with van der Waals surface area (Å²) in [5.41, 5.74) is 4.39. The van der Waals surface area contributed by atoms with E-state index in [1.54, 1.807) is 11.3 Å². The van der Waals surface area contributed by atoms with Gasteiger partial charge in [0.15, 0.2) is 0 Å². The number of benzene rings is 1. The Morgan fingerprint density at radius 3 is 2.84 bits per heavy atom. The normalized spacial score (nSPS) is 18.6. The summed E-state index contributed by atoms with van der Waals surface area (Å²) in [7, 11) is 1.28. The molecule has 1 aliphatic heterocycles. The van der Waals surface area contributed by atoms with Crippen LogP contribution in [0.3, 0.4) is 0 Å². The molecule has 0 bridgehead atoms. The Hall–Kier alpha value is -2.94. The first kappa shape index (κ1) is 21.3. The van der Waals surface area contributed by atoms with Gasteiger partial charge in [0.05, 0.1) is 18.4 Å². The number of H-pyrrole nitrogens is 1. The summed E-state index contributed by atoms with van der Waals surface area (Å²) in [5.74, 6) is -3.52. The summed E-state index contributed by atoms with van der Waals surface area (Å²) in [6.45, 7) is 2.04. The lowest BCUT2D eigenvalue weighted by Gasteiger charge is -2.24. The highest BCUT2D eigenvalue weighted by Crippen LogP contribution is 2.42. The number of carbonyl (C=O) groups excluding carboxylic acids is 2. The molecule has 1 atom stereocenters. The number of rotatable bonds is 8. The molecule has 7 nitrogen and oxygen atoms in total. The molecule has 8 heteroatoms. The number of carbonyl (C=O) groups is 2. The van der Waals surface area contributed by atoms with E-state index in [9.17, 15) is 14.7 Å². The molecular weight excluding hydrogens is 416 g/mol. The predicted molar refractivity (Wildman–Crippen MR) is 119 cm³/mol. The molecule has 3 heterocycles. The van der Waals surface area contributed by atoms with E-state index in [1.165, 1.54) is 7.11 Å². The fourth-order valence-corrected chi connectivity index (χ4v) is 4.63.